The molecule has 1 heterocycles. The molecule has 0 saturated heterocycles. The first kappa shape index (κ1) is 20.8. The van der Waals surface area contributed by atoms with Crippen LogP contribution in [0.15, 0.2) is 51.0 Å². The Hall–Kier alpha value is -3.94. The minimum atomic E-state index is -0.846. The summed E-state index contributed by atoms with van der Waals surface area (Å²) < 4.78 is 0.971. The molecule has 0 saturated carbocycles. The molecule has 3 N–H and O–H groups in total. The summed E-state index contributed by atoms with van der Waals surface area (Å²) in [4.78, 5) is 42.5. The molecule has 30 heavy (non-hydrogen) atoms. The van der Waals surface area contributed by atoms with Gasteiger partial charge >= 0.3 is 11.7 Å². The number of anilines is 1. The van der Waals surface area contributed by atoms with Crippen molar-refractivity contribution in [1.82, 2.24) is 9.55 Å². The number of rotatable bonds is 3. The second-order valence-electron chi connectivity index (χ2n) is 7.11. The summed E-state index contributed by atoms with van der Waals surface area (Å²) in [6.07, 6.45) is 0.935. The average Bonchev–Trinajstić information content (AvgIpc) is 2.66. The van der Waals surface area contributed by atoms with Crippen molar-refractivity contribution in [3.63, 3.8) is 0 Å². The highest BCUT2D eigenvalue weighted by atomic mass is 16.3. The van der Waals surface area contributed by atoms with Crippen molar-refractivity contribution < 1.29 is 9.90 Å². The largest absolute Gasteiger partial charge is 0.493 e. The van der Waals surface area contributed by atoms with Gasteiger partial charge in [0.15, 0.2) is 0 Å². The Morgan fingerprint density at radius 3 is 2.43 bits per heavy atom. The monoisotopic (exact) mass is 406 g/mol. The van der Waals surface area contributed by atoms with Crippen molar-refractivity contribution in [3.8, 4) is 11.6 Å². The first-order valence-electron chi connectivity index (χ1n) is 9.25. The Balaban J connectivity index is 1.96. The second kappa shape index (κ2) is 8.20. The van der Waals surface area contributed by atoms with E-state index in [-0.39, 0.29) is 5.56 Å². The molecule has 8 heteroatoms. The average molecular weight is 406 g/mol. The molecular weight excluding hydrogens is 384 g/mol. The number of H-pyrrole nitrogens is 1. The molecule has 0 aliphatic heterocycles. The van der Waals surface area contributed by atoms with Gasteiger partial charge in [-0.05, 0) is 62.6 Å². The van der Waals surface area contributed by atoms with Crippen LogP contribution in [0.3, 0.4) is 0 Å². The Labute approximate surface area is 172 Å². The van der Waals surface area contributed by atoms with E-state index in [1.165, 1.54) is 0 Å². The zero-order valence-corrected chi connectivity index (χ0v) is 17.1. The van der Waals surface area contributed by atoms with Crippen LogP contribution in [0.25, 0.3) is 5.69 Å². The van der Waals surface area contributed by atoms with E-state index in [2.05, 4.69) is 15.3 Å². The van der Waals surface area contributed by atoms with Gasteiger partial charge in [-0.1, -0.05) is 23.8 Å². The Morgan fingerprint density at radius 1 is 1.03 bits per heavy atom. The fourth-order valence-electron chi connectivity index (χ4n) is 3.03. The van der Waals surface area contributed by atoms with Crippen LogP contribution in [0.2, 0.25) is 0 Å². The number of aromatic nitrogens is 2. The molecule has 0 aliphatic rings. The maximum absolute atomic E-state index is 12.3. The molecule has 0 radical (unpaired) electrons. The highest BCUT2D eigenvalue weighted by molar-refractivity contribution is 5.98. The number of hydrogen-bond donors (Lipinski definition) is 3. The zero-order valence-electron chi connectivity index (χ0n) is 17.1. The van der Waals surface area contributed by atoms with Crippen LogP contribution in [0.4, 0.5) is 10.5 Å². The van der Waals surface area contributed by atoms with E-state index in [4.69, 9.17) is 0 Å². The van der Waals surface area contributed by atoms with Gasteiger partial charge < -0.3 is 10.4 Å². The number of nitrogens with one attached hydrogen (secondary N) is 2. The van der Waals surface area contributed by atoms with Crippen LogP contribution < -0.4 is 16.6 Å². The first-order valence-corrected chi connectivity index (χ1v) is 9.25. The third-order valence-electron chi connectivity index (χ3n) is 4.78. The van der Waals surface area contributed by atoms with E-state index < -0.39 is 23.2 Å². The summed E-state index contributed by atoms with van der Waals surface area (Å²) in [6.45, 7) is 7.56. The van der Waals surface area contributed by atoms with Gasteiger partial charge in [0.2, 0.25) is 5.88 Å². The Bertz CT molecular complexity index is 1290. The molecule has 1 aromatic heterocycles. The lowest BCUT2D eigenvalue weighted by atomic mass is 10.1. The molecule has 8 nitrogen and oxygen atoms in total. The number of amides is 2. The Morgan fingerprint density at radius 2 is 1.77 bits per heavy atom. The predicted molar refractivity (Wildman–Crippen MR) is 116 cm³/mol. The van der Waals surface area contributed by atoms with Crippen molar-refractivity contribution in [2.45, 2.75) is 27.7 Å². The molecule has 2 aromatic carbocycles. The molecule has 0 atom stereocenters. The number of aromatic hydroxyl groups is 1. The number of aryl methyl sites for hydroxylation is 4. The maximum atomic E-state index is 12.3. The molecule has 2 amide bonds. The lowest BCUT2D eigenvalue weighted by Crippen LogP contribution is -2.31. The number of carbonyl (C=O) groups excluding carboxylic acids is 1. The molecule has 3 aromatic rings. The standard InChI is InChI=1S/C22H22N4O4/c1-12-5-8-18(15(4)9-12)26-20(28)17(19(27)25-22(26)30)11-23-21(29)24-16-7-6-13(2)14(3)10-16/h5-11,28H,1-4H3,(H,24,29)(H,25,27,30). The number of aromatic amines is 1. The van der Waals surface area contributed by atoms with Crippen molar-refractivity contribution in [2.75, 3.05) is 5.32 Å². The number of carbonyl (C=O) groups is 1. The molecule has 3 rings (SSSR count). The van der Waals surface area contributed by atoms with Gasteiger partial charge in [0.05, 0.1) is 11.9 Å². The van der Waals surface area contributed by atoms with Crippen LogP contribution in [0.1, 0.15) is 27.8 Å². The van der Waals surface area contributed by atoms with Gasteiger partial charge in [0.25, 0.3) is 5.56 Å². The summed E-state index contributed by atoms with van der Waals surface area (Å²) in [5.41, 5.74) is 2.83. The quantitative estimate of drug-likeness (QED) is 0.579. The zero-order chi connectivity index (χ0) is 22.0. The van der Waals surface area contributed by atoms with E-state index in [0.717, 1.165) is 33.0 Å². The summed E-state index contributed by atoms with van der Waals surface area (Å²) in [6, 6.07) is 9.97. The lowest BCUT2D eigenvalue weighted by molar-refractivity contribution is 0.259. The number of hydrogen-bond acceptors (Lipinski definition) is 4. The molecule has 0 unspecified atom stereocenters. The normalized spacial score (nSPS) is 11.1. The Kier molecular flexibility index (Phi) is 5.68. The van der Waals surface area contributed by atoms with E-state index >= 15 is 0 Å². The minimum Gasteiger partial charge on any atom is -0.493 e. The predicted octanol–water partition coefficient (Wildman–Crippen LogP) is 3.12. The lowest BCUT2D eigenvalue weighted by Gasteiger charge is -2.12. The summed E-state index contributed by atoms with van der Waals surface area (Å²) in [5.74, 6) is -0.599. The van der Waals surface area contributed by atoms with Gasteiger partial charge in [-0.2, -0.15) is 0 Å². The summed E-state index contributed by atoms with van der Waals surface area (Å²) in [7, 11) is 0. The van der Waals surface area contributed by atoms with Gasteiger partial charge in [0, 0.05) is 5.69 Å². The fraction of sp³-hybridized carbons (Fsp3) is 0.182. The molecule has 0 fully saturated rings. The highest BCUT2D eigenvalue weighted by Gasteiger charge is 2.16. The maximum Gasteiger partial charge on any atom is 0.345 e. The molecule has 0 spiro atoms. The SMILES string of the molecule is Cc1ccc(-n2c(O)c(C=NC(=O)Nc3ccc(C)c(C)c3)c(=O)[nH]c2=O)c(C)c1. The summed E-state index contributed by atoms with van der Waals surface area (Å²) in [5, 5.41) is 13.2. The topological polar surface area (TPSA) is 117 Å². The van der Waals surface area contributed by atoms with Crippen LogP contribution in [-0.4, -0.2) is 26.9 Å². The van der Waals surface area contributed by atoms with Crippen LogP contribution in [0, 0.1) is 27.7 Å². The van der Waals surface area contributed by atoms with Crippen molar-refractivity contribution >= 4 is 17.9 Å². The van der Waals surface area contributed by atoms with E-state index in [1.807, 2.05) is 32.9 Å². The smallest absolute Gasteiger partial charge is 0.345 e. The highest BCUT2D eigenvalue weighted by Crippen LogP contribution is 2.20. The van der Waals surface area contributed by atoms with Gasteiger partial charge in [-0.15, -0.1) is 0 Å². The third kappa shape index (κ3) is 4.22. The number of nitrogens with zero attached hydrogens (tertiary/aromatic N) is 2. The van der Waals surface area contributed by atoms with Gasteiger partial charge in [0.1, 0.15) is 5.56 Å². The minimum absolute atomic E-state index is 0.301. The van der Waals surface area contributed by atoms with Crippen LogP contribution in [0.5, 0.6) is 5.88 Å². The molecule has 154 valence electrons. The van der Waals surface area contributed by atoms with Crippen LogP contribution in [-0.2, 0) is 0 Å². The van der Waals surface area contributed by atoms with E-state index in [9.17, 15) is 19.5 Å². The molecule has 0 aliphatic carbocycles. The number of benzene rings is 2. The van der Waals surface area contributed by atoms with Gasteiger partial charge in [-0.3, -0.25) is 9.78 Å². The fourth-order valence-corrected chi connectivity index (χ4v) is 3.03. The van der Waals surface area contributed by atoms with Crippen LogP contribution >= 0.6 is 0 Å². The molecular formula is C22H22N4O4. The van der Waals surface area contributed by atoms with Crippen molar-refractivity contribution in [3.05, 3.63) is 85.1 Å². The number of aliphatic imine (C=N–C) groups is 1. The molecule has 0 bridgehead atoms. The number of urea groups is 1. The third-order valence-corrected chi connectivity index (χ3v) is 4.78. The van der Waals surface area contributed by atoms with E-state index in [0.29, 0.717) is 11.4 Å². The summed E-state index contributed by atoms with van der Waals surface area (Å²) >= 11 is 0. The van der Waals surface area contributed by atoms with Crippen molar-refractivity contribution in [2.24, 2.45) is 4.99 Å². The van der Waals surface area contributed by atoms with E-state index in [1.54, 1.807) is 31.2 Å². The van der Waals surface area contributed by atoms with Crippen molar-refractivity contribution in [1.29, 1.82) is 0 Å². The first-order chi connectivity index (χ1) is 14.2. The van der Waals surface area contributed by atoms with Gasteiger partial charge in [-0.25, -0.2) is 19.1 Å². The second-order valence-corrected chi connectivity index (χ2v) is 7.11.